The van der Waals surface area contributed by atoms with Gasteiger partial charge in [-0.15, -0.1) is 0 Å². The van der Waals surface area contributed by atoms with Crippen LogP contribution in [0.2, 0.25) is 0 Å². The minimum absolute atomic E-state index is 0.0886. The van der Waals surface area contributed by atoms with Gasteiger partial charge in [0.15, 0.2) is 0 Å². The predicted octanol–water partition coefficient (Wildman–Crippen LogP) is 13.5. The Morgan fingerprint density at radius 1 is 0.471 bits per heavy atom. The van der Waals surface area contributed by atoms with Gasteiger partial charge < -0.3 is 15.5 Å². The molecule has 4 heteroatoms. The van der Waals surface area contributed by atoms with Crippen molar-refractivity contribution in [2.45, 2.75) is 212 Å². The van der Waals surface area contributed by atoms with Crippen molar-refractivity contribution in [3.8, 4) is 0 Å². The van der Waals surface area contributed by atoms with E-state index in [1.54, 1.807) is 6.08 Å². The van der Waals surface area contributed by atoms with E-state index in [9.17, 15) is 15.0 Å². The van der Waals surface area contributed by atoms with E-state index in [4.69, 9.17) is 0 Å². The van der Waals surface area contributed by atoms with Crippen LogP contribution in [0, 0.1) is 0 Å². The molecule has 2 atom stereocenters. The first-order chi connectivity index (χ1) is 25.2. The maximum Gasteiger partial charge on any atom is 0.220 e. The highest BCUT2D eigenvalue weighted by Crippen LogP contribution is 2.12. The van der Waals surface area contributed by atoms with Crippen molar-refractivity contribution in [2.24, 2.45) is 0 Å². The molecule has 4 nitrogen and oxygen atoms in total. The van der Waals surface area contributed by atoms with Crippen molar-refractivity contribution in [3.63, 3.8) is 0 Å². The Balaban J connectivity index is 3.68. The fourth-order valence-corrected chi connectivity index (χ4v) is 6.04. The number of aliphatic hydroxyl groups is 2. The molecule has 0 saturated heterocycles. The second-order valence-corrected chi connectivity index (χ2v) is 14.4. The second-order valence-electron chi connectivity index (χ2n) is 14.4. The molecule has 51 heavy (non-hydrogen) atoms. The van der Waals surface area contributed by atoms with E-state index in [1.807, 2.05) is 6.08 Å². The van der Waals surface area contributed by atoms with Gasteiger partial charge in [0.25, 0.3) is 0 Å². The molecule has 0 saturated carbocycles. The van der Waals surface area contributed by atoms with Gasteiger partial charge in [0.2, 0.25) is 5.91 Å². The summed E-state index contributed by atoms with van der Waals surface area (Å²) < 4.78 is 0. The number of amides is 1. The third-order valence-electron chi connectivity index (χ3n) is 9.39. The number of hydrogen-bond acceptors (Lipinski definition) is 3. The number of carbonyl (C=O) groups excluding carboxylic acids is 1. The zero-order valence-corrected chi connectivity index (χ0v) is 33.6. The number of rotatable bonds is 38. The van der Waals surface area contributed by atoms with E-state index < -0.39 is 12.1 Å². The summed E-state index contributed by atoms with van der Waals surface area (Å²) in [5.41, 5.74) is 0. The lowest BCUT2D eigenvalue weighted by Gasteiger charge is -2.19. The van der Waals surface area contributed by atoms with Crippen LogP contribution >= 0.6 is 0 Å². The van der Waals surface area contributed by atoms with Crippen LogP contribution in [-0.2, 0) is 4.79 Å². The average molecular weight is 710 g/mol. The van der Waals surface area contributed by atoms with E-state index in [-0.39, 0.29) is 12.5 Å². The SMILES string of the molecule is CCCCCCC/C=C\C/C=C\C/C=C\CCCCCCCCCCC(=O)NC(CO)C(O)/C=C/CC/C=C/CC/C=C/CCCCCCCC. The highest BCUT2D eigenvalue weighted by molar-refractivity contribution is 5.76. The van der Waals surface area contributed by atoms with Crippen molar-refractivity contribution < 1.29 is 15.0 Å². The Morgan fingerprint density at radius 3 is 1.27 bits per heavy atom. The van der Waals surface area contributed by atoms with Gasteiger partial charge in [-0.2, -0.15) is 0 Å². The molecule has 0 aromatic heterocycles. The molecular formula is C47H83NO3. The van der Waals surface area contributed by atoms with Crippen LogP contribution in [0.3, 0.4) is 0 Å². The Kier molecular flexibility index (Phi) is 40.4. The van der Waals surface area contributed by atoms with Crippen LogP contribution in [0.25, 0.3) is 0 Å². The third kappa shape index (κ3) is 38.9. The fraction of sp³-hybridized carbons (Fsp3) is 0.723. The Hall–Kier alpha value is -2.17. The predicted molar refractivity (Wildman–Crippen MR) is 225 cm³/mol. The number of allylic oxidation sites excluding steroid dienone is 11. The van der Waals surface area contributed by atoms with Gasteiger partial charge in [0.05, 0.1) is 18.8 Å². The number of unbranched alkanes of at least 4 members (excludes halogenated alkanes) is 21. The molecule has 3 N–H and O–H groups in total. The lowest BCUT2D eigenvalue weighted by atomic mass is 10.1. The molecule has 0 aromatic rings. The first-order valence-corrected chi connectivity index (χ1v) is 21.7. The van der Waals surface area contributed by atoms with Crippen molar-refractivity contribution in [2.75, 3.05) is 6.61 Å². The maximum absolute atomic E-state index is 12.4. The minimum Gasteiger partial charge on any atom is -0.394 e. The third-order valence-corrected chi connectivity index (χ3v) is 9.39. The summed E-state index contributed by atoms with van der Waals surface area (Å²) in [5, 5.41) is 23.0. The van der Waals surface area contributed by atoms with Gasteiger partial charge in [0, 0.05) is 6.42 Å². The van der Waals surface area contributed by atoms with Crippen LogP contribution in [-0.4, -0.2) is 34.9 Å². The molecule has 0 aliphatic heterocycles. The number of aliphatic hydroxyl groups excluding tert-OH is 2. The summed E-state index contributed by atoms with van der Waals surface area (Å²) in [5.74, 6) is -0.0886. The average Bonchev–Trinajstić information content (AvgIpc) is 3.13. The van der Waals surface area contributed by atoms with Crippen LogP contribution in [0.15, 0.2) is 72.9 Å². The minimum atomic E-state index is -0.876. The fourth-order valence-electron chi connectivity index (χ4n) is 6.04. The molecule has 0 fully saturated rings. The molecule has 0 rings (SSSR count). The first kappa shape index (κ1) is 48.8. The van der Waals surface area contributed by atoms with Gasteiger partial charge in [-0.05, 0) is 83.5 Å². The number of carbonyl (C=O) groups is 1. The van der Waals surface area contributed by atoms with Gasteiger partial charge in [-0.25, -0.2) is 0 Å². The summed E-state index contributed by atoms with van der Waals surface area (Å²) >= 11 is 0. The summed E-state index contributed by atoms with van der Waals surface area (Å²) in [6, 6.07) is -0.652. The van der Waals surface area contributed by atoms with Crippen LogP contribution in [0.1, 0.15) is 200 Å². The molecule has 0 heterocycles. The molecule has 0 spiro atoms. The lowest BCUT2D eigenvalue weighted by molar-refractivity contribution is -0.123. The highest BCUT2D eigenvalue weighted by Gasteiger charge is 2.17. The quantitative estimate of drug-likeness (QED) is 0.0441. The van der Waals surface area contributed by atoms with E-state index in [1.165, 1.54) is 122 Å². The van der Waals surface area contributed by atoms with Crippen molar-refractivity contribution in [1.82, 2.24) is 5.32 Å². The Bertz CT molecular complexity index is 899. The zero-order chi connectivity index (χ0) is 37.1. The summed E-state index contributed by atoms with van der Waals surface area (Å²) in [7, 11) is 0. The topological polar surface area (TPSA) is 69.6 Å². The molecule has 0 aliphatic carbocycles. The molecule has 1 amide bonds. The molecule has 2 unspecified atom stereocenters. The Labute approximate surface area is 317 Å². The second kappa shape index (κ2) is 42.2. The lowest BCUT2D eigenvalue weighted by Crippen LogP contribution is -2.45. The summed E-state index contributed by atoms with van der Waals surface area (Å²) in [6.45, 7) is 4.26. The molecule has 0 aliphatic rings. The number of hydrogen-bond donors (Lipinski definition) is 3. The zero-order valence-electron chi connectivity index (χ0n) is 33.6. The molecule has 0 bridgehead atoms. The first-order valence-electron chi connectivity index (χ1n) is 21.7. The van der Waals surface area contributed by atoms with Gasteiger partial charge >= 0.3 is 0 Å². The van der Waals surface area contributed by atoms with Gasteiger partial charge in [0.1, 0.15) is 0 Å². The highest BCUT2D eigenvalue weighted by atomic mass is 16.3. The molecular weight excluding hydrogens is 627 g/mol. The molecule has 0 radical (unpaired) electrons. The van der Waals surface area contributed by atoms with E-state index in [0.29, 0.717) is 6.42 Å². The van der Waals surface area contributed by atoms with Crippen LogP contribution < -0.4 is 5.32 Å². The van der Waals surface area contributed by atoms with Crippen molar-refractivity contribution in [1.29, 1.82) is 0 Å². The standard InChI is InChI=1S/C47H83NO3/c1-3-5-7-9-11-13-15-17-19-21-22-23-24-25-26-27-29-31-33-35-37-39-41-43-47(51)48-45(44-49)46(50)42-40-38-36-34-32-30-28-20-18-16-14-12-10-8-6-4-2/h15,17-18,20-22,24-25,32,34,40,42,45-46,49-50H,3-14,16,19,23,26-31,33,35-39,41,43-44H2,1-2H3,(H,48,51)/b17-15-,20-18+,22-21-,25-24-,34-32+,42-40+. The van der Waals surface area contributed by atoms with Gasteiger partial charge in [-0.1, -0.05) is 183 Å². The Morgan fingerprint density at radius 2 is 0.824 bits per heavy atom. The summed E-state index contributed by atoms with van der Waals surface area (Å²) in [6.07, 6.45) is 60.0. The van der Waals surface area contributed by atoms with E-state index >= 15 is 0 Å². The number of nitrogens with one attached hydrogen (secondary N) is 1. The molecule has 0 aromatic carbocycles. The van der Waals surface area contributed by atoms with E-state index in [0.717, 1.165) is 57.8 Å². The van der Waals surface area contributed by atoms with Crippen LogP contribution in [0.5, 0.6) is 0 Å². The van der Waals surface area contributed by atoms with Crippen molar-refractivity contribution >= 4 is 5.91 Å². The smallest absolute Gasteiger partial charge is 0.220 e. The largest absolute Gasteiger partial charge is 0.394 e. The van der Waals surface area contributed by atoms with Crippen molar-refractivity contribution in [3.05, 3.63) is 72.9 Å². The van der Waals surface area contributed by atoms with Crippen LogP contribution in [0.4, 0.5) is 0 Å². The maximum atomic E-state index is 12.4. The summed E-state index contributed by atoms with van der Waals surface area (Å²) in [4.78, 5) is 12.4. The monoisotopic (exact) mass is 710 g/mol. The molecule has 294 valence electrons. The van der Waals surface area contributed by atoms with Gasteiger partial charge in [-0.3, -0.25) is 4.79 Å². The van der Waals surface area contributed by atoms with E-state index in [2.05, 4.69) is 79.9 Å². The normalized spacial score (nSPS) is 13.7.